The van der Waals surface area contributed by atoms with E-state index in [9.17, 15) is 4.79 Å². The van der Waals surface area contributed by atoms with E-state index in [-0.39, 0.29) is 12.5 Å². The van der Waals surface area contributed by atoms with Crippen LogP contribution in [0, 0.1) is 11.8 Å². The van der Waals surface area contributed by atoms with Crippen molar-refractivity contribution >= 4 is 5.91 Å². The lowest BCUT2D eigenvalue weighted by molar-refractivity contribution is -0.133. The van der Waals surface area contributed by atoms with Crippen molar-refractivity contribution in [3.8, 4) is 0 Å². The number of likely N-dealkylation sites (N-methyl/N-ethyl adjacent to an activating group) is 1. The molecule has 3 fully saturated rings. The standard InChI is InChI=1S/C16H28N2O3/c1-17(2)16(19)11-20-7-6-12-10-21-15-9-18(8-14(12)15)13-4-3-5-13/h12-15H,3-11H2,1-2H3/t12-,14-,15-/m0/s1. The number of carbonyl (C=O) groups excluding carboxylic acids is 1. The maximum atomic E-state index is 11.4. The van der Waals surface area contributed by atoms with Crippen LogP contribution in [0.3, 0.4) is 0 Å². The lowest BCUT2D eigenvalue weighted by Crippen LogP contribution is -2.39. The third kappa shape index (κ3) is 3.41. The molecule has 0 radical (unpaired) electrons. The molecule has 2 heterocycles. The van der Waals surface area contributed by atoms with E-state index >= 15 is 0 Å². The molecule has 2 saturated heterocycles. The summed E-state index contributed by atoms with van der Waals surface area (Å²) in [5, 5.41) is 0. The number of fused-ring (bicyclic) bond motifs is 1. The van der Waals surface area contributed by atoms with Crippen LogP contribution in [-0.2, 0) is 14.3 Å². The zero-order chi connectivity index (χ0) is 14.8. The summed E-state index contributed by atoms with van der Waals surface area (Å²) in [7, 11) is 3.52. The molecule has 3 atom stereocenters. The molecule has 0 aromatic rings. The molecular weight excluding hydrogens is 268 g/mol. The lowest BCUT2D eigenvalue weighted by atomic mass is 9.89. The highest BCUT2D eigenvalue weighted by molar-refractivity contribution is 5.76. The van der Waals surface area contributed by atoms with Crippen LogP contribution < -0.4 is 0 Å². The van der Waals surface area contributed by atoms with Gasteiger partial charge in [-0.3, -0.25) is 9.69 Å². The molecule has 1 saturated carbocycles. The summed E-state index contributed by atoms with van der Waals surface area (Å²) in [4.78, 5) is 15.7. The lowest BCUT2D eigenvalue weighted by Gasteiger charge is -2.35. The number of hydrogen-bond acceptors (Lipinski definition) is 4. The molecule has 21 heavy (non-hydrogen) atoms. The average Bonchev–Trinajstić information content (AvgIpc) is 2.93. The highest BCUT2D eigenvalue weighted by Crippen LogP contribution is 2.39. The molecular formula is C16H28N2O3. The molecule has 3 aliphatic rings. The molecule has 1 aliphatic carbocycles. The minimum atomic E-state index is 0.0348. The predicted molar refractivity (Wildman–Crippen MR) is 80.1 cm³/mol. The minimum absolute atomic E-state index is 0.0348. The fourth-order valence-corrected chi connectivity index (χ4v) is 3.70. The highest BCUT2D eigenvalue weighted by Gasteiger charge is 2.45. The fraction of sp³-hybridized carbons (Fsp3) is 0.938. The Morgan fingerprint density at radius 3 is 2.81 bits per heavy atom. The monoisotopic (exact) mass is 296 g/mol. The van der Waals surface area contributed by atoms with Gasteiger partial charge in [0.25, 0.3) is 0 Å². The Balaban J connectivity index is 1.38. The van der Waals surface area contributed by atoms with Crippen LogP contribution in [0.4, 0.5) is 0 Å². The molecule has 120 valence electrons. The molecule has 0 unspecified atom stereocenters. The van der Waals surface area contributed by atoms with Crippen molar-refractivity contribution < 1.29 is 14.3 Å². The Morgan fingerprint density at radius 2 is 2.14 bits per heavy atom. The maximum Gasteiger partial charge on any atom is 0.248 e. The van der Waals surface area contributed by atoms with Gasteiger partial charge in [-0.1, -0.05) is 6.42 Å². The summed E-state index contributed by atoms with van der Waals surface area (Å²) in [6.45, 7) is 4.07. The number of amides is 1. The first kappa shape index (κ1) is 15.3. The van der Waals surface area contributed by atoms with E-state index in [2.05, 4.69) is 4.90 Å². The molecule has 0 aromatic heterocycles. The van der Waals surface area contributed by atoms with Crippen molar-refractivity contribution in [1.29, 1.82) is 0 Å². The van der Waals surface area contributed by atoms with Gasteiger partial charge in [-0.2, -0.15) is 0 Å². The van der Waals surface area contributed by atoms with Gasteiger partial charge in [0, 0.05) is 45.8 Å². The number of nitrogens with zero attached hydrogens (tertiary/aromatic N) is 2. The Labute approximate surface area is 127 Å². The Hall–Kier alpha value is -0.650. The van der Waals surface area contributed by atoms with Gasteiger partial charge in [-0.15, -0.1) is 0 Å². The first-order valence-corrected chi connectivity index (χ1v) is 8.28. The van der Waals surface area contributed by atoms with Crippen molar-refractivity contribution in [1.82, 2.24) is 9.80 Å². The Bertz CT molecular complexity index is 371. The van der Waals surface area contributed by atoms with Crippen LogP contribution in [0.2, 0.25) is 0 Å². The predicted octanol–water partition coefficient (Wildman–Crippen LogP) is 0.981. The third-order valence-electron chi connectivity index (χ3n) is 5.42. The molecule has 0 N–H and O–H groups in total. The van der Waals surface area contributed by atoms with Gasteiger partial charge in [0.05, 0.1) is 12.7 Å². The number of ether oxygens (including phenoxy) is 2. The van der Waals surface area contributed by atoms with Crippen LogP contribution in [0.5, 0.6) is 0 Å². The zero-order valence-electron chi connectivity index (χ0n) is 13.3. The summed E-state index contributed by atoms with van der Waals surface area (Å²) < 4.78 is 11.5. The number of rotatable bonds is 6. The van der Waals surface area contributed by atoms with Crippen LogP contribution in [0.25, 0.3) is 0 Å². The van der Waals surface area contributed by atoms with Crippen molar-refractivity contribution in [2.75, 3.05) is 47.0 Å². The fourth-order valence-electron chi connectivity index (χ4n) is 3.70. The first-order valence-electron chi connectivity index (χ1n) is 8.28. The molecule has 3 rings (SSSR count). The Morgan fingerprint density at radius 1 is 1.33 bits per heavy atom. The van der Waals surface area contributed by atoms with Crippen LogP contribution in [-0.4, -0.2) is 74.9 Å². The SMILES string of the molecule is CN(C)C(=O)COCC[C@H]1CO[C@H]2CN(C3CCC3)C[C@@H]12. The number of hydrogen-bond donors (Lipinski definition) is 0. The smallest absolute Gasteiger partial charge is 0.248 e. The van der Waals surface area contributed by atoms with E-state index in [0.717, 1.165) is 25.6 Å². The van der Waals surface area contributed by atoms with Gasteiger partial charge in [-0.05, 0) is 25.2 Å². The first-order chi connectivity index (χ1) is 10.1. The molecule has 0 aromatic carbocycles. The van der Waals surface area contributed by atoms with Crippen LogP contribution in [0.1, 0.15) is 25.7 Å². The second-order valence-corrected chi connectivity index (χ2v) is 6.96. The normalized spacial score (nSPS) is 33.0. The second kappa shape index (κ2) is 6.63. The van der Waals surface area contributed by atoms with E-state index in [1.165, 1.54) is 25.8 Å². The summed E-state index contributed by atoms with van der Waals surface area (Å²) in [6.07, 6.45) is 5.60. The molecule has 5 heteroatoms. The van der Waals surface area contributed by atoms with Crippen LogP contribution in [0.15, 0.2) is 0 Å². The van der Waals surface area contributed by atoms with Gasteiger partial charge in [0.2, 0.25) is 5.91 Å². The van der Waals surface area contributed by atoms with E-state index in [1.807, 2.05) is 0 Å². The second-order valence-electron chi connectivity index (χ2n) is 6.96. The molecule has 2 aliphatic heterocycles. The topological polar surface area (TPSA) is 42.0 Å². The van der Waals surface area contributed by atoms with Gasteiger partial charge in [0.1, 0.15) is 6.61 Å². The average molecular weight is 296 g/mol. The zero-order valence-corrected chi connectivity index (χ0v) is 13.3. The van der Waals surface area contributed by atoms with Crippen LogP contribution >= 0.6 is 0 Å². The van der Waals surface area contributed by atoms with E-state index < -0.39 is 0 Å². The highest BCUT2D eigenvalue weighted by atomic mass is 16.5. The summed E-state index contributed by atoms with van der Waals surface area (Å²) in [5.41, 5.74) is 0. The molecule has 5 nitrogen and oxygen atoms in total. The molecule has 1 amide bonds. The molecule has 0 bridgehead atoms. The maximum absolute atomic E-state index is 11.4. The summed E-state index contributed by atoms with van der Waals surface area (Å²) >= 11 is 0. The van der Waals surface area contributed by atoms with Crippen molar-refractivity contribution in [2.24, 2.45) is 11.8 Å². The van der Waals surface area contributed by atoms with Crippen molar-refractivity contribution in [3.63, 3.8) is 0 Å². The van der Waals surface area contributed by atoms with E-state index in [1.54, 1.807) is 19.0 Å². The third-order valence-corrected chi connectivity index (χ3v) is 5.42. The van der Waals surface area contributed by atoms with E-state index in [4.69, 9.17) is 9.47 Å². The summed E-state index contributed by atoms with van der Waals surface area (Å²) in [5.74, 6) is 1.32. The molecule has 0 spiro atoms. The van der Waals surface area contributed by atoms with Gasteiger partial charge >= 0.3 is 0 Å². The number of likely N-dealkylation sites (tertiary alicyclic amines) is 1. The van der Waals surface area contributed by atoms with Gasteiger partial charge in [0.15, 0.2) is 0 Å². The van der Waals surface area contributed by atoms with Gasteiger partial charge in [-0.25, -0.2) is 0 Å². The van der Waals surface area contributed by atoms with Crippen molar-refractivity contribution in [2.45, 2.75) is 37.8 Å². The van der Waals surface area contributed by atoms with E-state index in [0.29, 0.717) is 24.5 Å². The minimum Gasteiger partial charge on any atom is -0.376 e. The van der Waals surface area contributed by atoms with Gasteiger partial charge < -0.3 is 14.4 Å². The number of carbonyl (C=O) groups is 1. The quantitative estimate of drug-likeness (QED) is 0.685. The largest absolute Gasteiger partial charge is 0.376 e. The summed E-state index contributed by atoms with van der Waals surface area (Å²) in [6, 6.07) is 0.828. The van der Waals surface area contributed by atoms with Crippen molar-refractivity contribution in [3.05, 3.63) is 0 Å². The Kier molecular flexibility index (Phi) is 4.82.